The number of likely N-dealkylation sites (N-methyl/N-ethyl adjacent to an activating group) is 1. The lowest BCUT2D eigenvalue weighted by atomic mass is 9.97. The Labute approximate surface area is 122 Å². The molecule has 0 saturated heterocycles. The number of benzene rings is 1. The first-order valence-electron chi connectivity index (χ1n) is 6.75. The number of hydrogen-bond acceptors (Lipinski definition) is 3. The van der Waals surface area contributed by atoms with Gasteiger partial charge in [-0.05, 0) is 65.9 Å². The molecule has 0 spiro atoms. The predicted molar refractivity (Wildman–Crippen MR) is 80.2 cm³/mol. The van der Waals surface area contributed by atoms with Crippen LogP contribution in [0.4, 0.5) is 0 Å². The largest absolute Gasteiger partial charge is 0.495 e. The second-order valence-electron chi connectivity index (χ2n) is 4.92. The van der Waals surface area contributed by atoms with Crippen molar-refractivity contribution < 1.29 is 9.53 Å². The zero-order chi connectivity index (χ0) is 13.8. The number of carbonyl (C=O) groups is 1. The molecule has 0 fully saturated rings. The van der Waals surface area contributed by atoms with Crippen LogP contribution in [0.1, 0.15) is 40.7 Å². The summed E-state index contributed by atoms with van der Waals surface area (Å²) in [6, 6.07) is 2.03. The van der Waals surface area contributed by atoms with Crippen LogP contribution in [0, 0.1) is 0 Å². The lowest BCUT2D eigenvalue weighted by Gasteiger charge is -2.16. The van der Waals surface area contributed by atoms with E-state index in [-0.39, 0.29) is 5.78 Å². The van der Waals surface area contributed by atoms with Crippen molar-refractivity contribution in [3.8, 4) is 5.75 Å². The first-order valence-corrected chi connectivity index (χ1v) is 7.54. The van der Waals surface area contributed by atoms with E-state index >= 15 is 0 Å². The molecule has 0 amide bonds. The number of Topliss-reactive ketones (excluding diaryl/α,β-unsaturated/α-hetero) is 1. The van der Waals surface area contributed by atoms with Gasteiger partial charge in [-0.15, -0.1) is 0 Å². The molecule has 2 rings (SSSR count). The number of halogens is 1. The highest BCUT2D eigenvalue weighted by molar-refractivity contribution is 9.10. The summed E-state index contributed by atoms with van der Waals surface area (Å²) in [6.07, 6.45) is 5.78. The Kier molecular flexibility index (Phi) is 4.99. The lowest BCUT2D eigenvalue weighted by Crippen LogP contribution is -2.20. The van der Waals surface area contributed by atoms with E-state index in [4.69, 9.17) is 4.74 Å². The molecule has 0 aliphatic heterocycles. The standard InChI is InChI=1S/C15H20BrNO2/c1-17-9-13(18)12-8-10-6-4-3-5-7-11(10)14(16)15(12)19-2/h8,17H,3-7,9H2,1-2H3. The van der Waals surface area contributed by atoms with Crippen LogP contribution in [-0.4, -0.2) is 26.5 Å². The van der Waals surface area contributed by atoms with Crippen molar-refractivity contribution in [1.29, 1.82) is 0 Å². The van der Waals surface area contributed by atoms with Gasteiger partial charge >= 0.3 is 0 Å². The number of methoxy groups -OCH3 is 1. The van der Waals surface area contributed by atoms with E-state index in [1.807, 2.05) is 6.07 Å². The Bertz CT molecular complexity index is 486. The summed E-state index contributed by atoms with van der Waals surface area (Å²) in [5.41, 5.74) is 3.30. The molecular formula is C15H20BrNO2. The third kappa shape index (κ3) is 3.00. The first-order chi connectivity index (χ1) is 9.19. The molecule has 0 unspecified atom stereocenters. The fourth-order valence-corrected chi connectivity index (χ4v) is 3.50. The Morgan fingerprint density at radius 3 is 2.79 bits per heavy atom. The van der Waals surface area contributed by atoms with Crippen LogP contribution in [0.2, 0.25) is 0 Å². The number of carbonyl (C=O) groups excluding carboxylic acids is 1. The lowest BCUT2D eigenvalue weighted by molar-refractivity contribution is 0.0990. The summed E-state index contributed by atoms with van der Waals surface area (Å²) in [6.45, 7) is 0.335. The SMILES string of the molecule is CNCC(=O)c1cc2c(c(Br)c1OC)CCCCC2. The topological polar surface area (TPSA) is 38.3 Å². The van der Waals surface area contributed by atoms with Gasteiger partial charge in [-0.25, -0.2) is 0 Å². The molecule has 3 nitrogen and oxygen atoms in total. The van der Waals surface area contributed by atoms with Crippen LogP contribution >= 0.6 is 15.9 Å². The van der Waals surface area contributed by atoms with Crippen LogP contribution in [-0.2, 0) is 12.8 Å². The van der Waals surface area contributed by atoms with Crippen molar-refractivity contribution in [1.82, 2.24) is 5.32 Å². The van der Waals surface area contributed by atoms with Gasteiger partial charge < -0.3 is 10.1 Å². The van der Waals surface area contributed by atoms with Crippen molar-refractivity contribution >= 4 is 21.7 Å². The molecule has 0 heterocycles. The summed E-state index contributed by atoms with van der Waals surface area (Å²) < 4.78 is 6.42. The van der Waals surface area contributed by atoms with E-state index in [1.165, 1.54) is 30.4 Å². The number of ketones is 1. The Morgan fingerprint density at radius 2 is 2.11 bits per heavy atom. The molecule has 0 bridgehead atoms. The van der Waals surface area contributed by atoms with Crippen LogP contribution in [0.25, 0.3) is 0 Å². The molecule has 4 heteroatoms. The van der Waals surface area contributed by atoms with Gasteiger partial charge in [0, 0.05) is 0 Å². The highest BCUT2D eigenvalue weighted by Crippen LogP contribution is 2.38. The summed E-state index contributed by atoms with van der Waals surface area (Å²) in [4.78, 5) is 12.2. The molecule has 1 aromatic rings. The zero-order valence-corrected chi connectivity index (χ0v) is 13.1. The fourth-order valence-electron chi connectivity index (χ4n) is 2.67. The molecule has 0 aromatic heterocycles. The van der Waals surface area contributed by atoms with Gasteiger partial charge in [-0.1, -0.05) is 6.42 Å². The predicted octanol–water partition coefficient (Wildman–Crippen LogP) is 3.13. The average molecular weight is 326 g/mol. The van der Waals surface area contributed by atoms with Gasteiger partial charge in [0.15, 0.2) is 5.78 Å². The van der Waals surface area contributed by atoms with E-state index in [2.05, 4.69) is 21.2 Å². The number of ether oxygens (including phenoxy) is 1. The molecule has 0 saturated carbocycles. The molecule has 104 valence electrons. The third-order valence-electron chi connectivity index (χ3n) is 3.63. The van der Waals surface area contributed by atoms with Crippen molar-refractivity contribution in [3.05, 3.63) is 27.2 Å². The quantitative estimate of drug-likeness (QED) is 0.682. The van der Waals surface area contributed by atoms with E-state index in [0.717, 1.165) is 17.3 Å². The Balaban J connectivity index is 2.51. The minimum Gasteiger partial charge on any atom is -0.495 e. The van der Waals surface area contributed by atoms with Crippen molar-refractivity contribution in [2.75, 3.05) is 20.7 Å². The third-order valence-corrected chi connectivity index (χ3v) is 4.47. The fraction of sp³-hybridized carbons (Fsp3) is 0.533. The minimum atomic E-state index is 0.0760. The van der Waals surface area contributed by atoms with Gasteiger partial charge in [0.05, 0.1) is 23.7 Å². The first kappa shape index (κ1) is 14.5. The number of nitrogens with one attached hydrogen (secondary N) is 1. The molecule has 19 heavy (non-hydrogen) atoms. The molecule has 1 aliphatic carbocycles. The van der Waals surface area contributed by atoms with Gasteiger partial charge in [0.1, 0.15) is 5.75 Å². The van der Waals surface area contributed by atoms with E-state index < -0.39 is 0 Å². The zero-order valence-electron chi connectivity index (χ0n) is 11.5. The molecule has 0 radical (unpaired) electrons. The number of fused-ring (bicyclic) bond motifs is 1. The maximum atomic E-state index is 12.2. The molecular weight excluding hydrogens is 306 g/mol. The second-order valence-corrected chi connectivity index (χ2v) is 5.72. The van der Waals surface area contributed by atoms with Gasteiger partial charge in [-0.3, -0.25) is 4.79 Å². The summed E-state index contributed by atoms with van der Waals surface area (Å²) in [5, 5.41) is 2.91. The van der Waals surface area contributed by atoms with Crippen LogP contribution in [0.15, 0.2) is 10.5 Å². The van der Waals surface area contributed by atoms with Gasteiger partial charge in [0.2, 0.25) is 0 Å². The monoisotopic (exact) mass is 325 g/mol. The maximum absolute atomic E-state index is 12.2. The van der Waals surface area contributed by atoms with Gasteiger partial charge in [-0.2, -0.15) is 0 Å². The number of rotatable bonds is 4. The minimum absolute atomic E-state index is 0.0760. The number of aryl methyl sites for hydroxylation is 1. The molecule has 0 atom stereocenters. The normalized spacial score (nSPS) is 14.7. The maximum Gasteiger partial charge on any atom is 0.180 e. The smallest absolute Gasteiger partial charge is 0.180 e. The van der Waals surface area contributed by atoms with Crippen LogP contribution < -0.4 is 10.1 Å². The Hall–Kier alpha value is -0.870. The average Bonchev–Trinajstić information content (AvgIpc) is 2.64. The second kappa shape index (κ2) is 6.53. The van der Waals surface area contributed by atoms with E-state index in [9.17, 15) is 4.79 Å². The van der Waals surface area contributed by atoms with E-state index in [0.29, 0.717) is 17.9 Å². The Morgan fingerprint density at radius 1 is 1.37 bits per heavy atom. The highest BCUT2D eigenvalue weighted by Gasteiger charge is 2.21. The molecule has 1 aromatic carbocycles. The van der Waals surface area contributed by atoms with Crippen molar-refractivity contribution in [3.63, 3.8) is 0 Å². The van der Waals surface area contributed by atoms with Gasteiger partial charge in [0.25, 0.3) is 0 Å². The van der Waals surface area contributed by atoms with E-state index in [1.54, 1.807) is 14.2 Å². The highest BCUT2D eigenvalue weighted by atomic mass is 79.9. The summed E-state index contributed by atoms with van der Waals surface area (Å²) >= 11 is 3.63. The van der Waals surface area contributed by atoms with Crippen LogP contribution in [0.5, 0.6) is 5.75 Å². The molecule has 1 N–H and O–H groups in total. The number of hydrogen-bond donors (Lipinski definition) is 1. The van der Waals surface area contributed by atoms with Crippen molar-refractivity contribution in [2.24, 2.45) is 0 Å². The summed E-state index contributed by atoms with van der Waals surface area (Å²) in [5.74, 6) is 0.757. The molecule has 1 aliphatic rings. The van der Waals surface area contributed by atoms with Crippen molar-refractivity contribution in [2.45, 2.75) is 32.1 Å². The summed E-state index contributed by atoms with van der Waals surface area (Å²) in [7, 11) is 3.40. The van der Waals surface area contributed by atoms with Crippen LogP contribution in [0.3, 0.4) is 0 Å².